The van der Waals surface area contributed by atoms with Gasteiger partial charge in [-0.1, -0.05) is 18.2 Å². The van der Waals surface area contributed by atoms with Gasteiger partial charge in [0, 0.05) is 41.7 Å². The van der Waals surface area contributed by atoms with Crippen LogP contribution in [0.15, 0.2) is 65.7 Å². The van der Waals surface area contributed by atoms with Gasteiger partial charge in [-0.25, -0.2) is 4.79 Å². The first-order valence-corrected chi connectivity index (χ1v) is 10.7. The van der Waals surface area contributed by atoms with E-state index in [0.717, 1.165) is 35.6 Å². The Labute approximate surface area is 193 Å². The molecule has 3 aromatic rings. The predicted molar refractivity (Wildman–Crippen MR) is 130 cm³/mol. The molecular weight excluding hydrogens is 418 g/mol. The van der Waals surface area contributed by atoms with E-state index in [2.05, 4.69) is 10.6 Å². The van der Waals surface area contributed by atoms with Gasteiger partial charge >= 0.3 is 6.03 Å². The molecule has 7 nitrogen and oxygen atoms in total. The molecule has 2 amide bonds. The van der Waals surface area contributed by atoms with Crippen LogP contribution >= 0.6 is 0 Å². The number of aliphatic imine (C=N–C) groups is 1. The van der Waals surface area contributed by atoms with E-state index in [1.165, 1.54) is 5.56 Å². The van der Waals surface area contributed by atoms with Gasteiger partial charge < -0.3 is 24.8 Å². The predicted octanol–water partition coefficient (Wildman–Crippen LogP) is 4.94. The van der Waals surface area contributed by atoms with Crippen molar-refractivity contribution < 1.29 is 19.0 Å². The lowest BCUT2D eigenvalue weighted by atomic mass is 9.93. The molecule has 1 heterocycles. The van der Waals surface area contributed by atoms with Gasteiger partial charge in [0.15, 0.2) is 11.5 Å². The average Bonchev–Trinajstić information content (AvgIpc) is 2.84. The Hall–Kier alpha value is -4.00. The molecule has 0 aromatic heterocycles. The van der Waals surface area contributed by atoms with E-state index in [1.807, 2.05) is 48.5 Å². The third kappa shape index (κ3) is 5.26. The van der Waals surface area contributed by atoms with Crippen LogP contribution in [0.1, 0.15) is 16.7 Å². The maximum absolute atomic E-state index is 12.3. The third-order valence-corrected chi connectivity index (χ3v) is 5.52. The lowest BCUT2D eigenvalue weighted by molar-refractivity contribution is 0.262. The molecule has 0 spiro atoms. The number of carbonyl (C=O) groups is 1. The van der Waals surface area contributed by atoms with Gasteiger partial charge in [-0.15, -0.1) is 0 Å². The first-order chi connectivity index (χ1) is 16.1. The summed E-state index contributed by atoms with van der Waals surface area (Å²) in [6.45, 7) is 0.752. The topological polar surface area (TPSA) is 81.2 Å². The lowest BCUT2D eigenvalue weighted by Gasteiger charge is -2.20. The second kappa shape index (κ2) is 10.1. The first kappa shape index (κ1) is 22.2. The molecule has 1 aliphatic heterocycles. The molecule has 0 saturated carbocycles. The molecular formula is C26H27N3O4. The lowest BCUT2D eigenvalue weighted by Crippen LogP contribution is -2.19. The van der Waals surface area contributed by atoms with Gasteiger partial charge in [-0.3, -0.25) is 4.99 Å². The van der Waals surface area contributed by atoms with E-state index in [9.17, 15) is 4.79 Å². The highest BCUT2D eigenvalue weighted by Gasteiger charge is 2.18. The van der Waals surface area contributed by atoms with Crippen LogP contribution < -0.4 is 24.8 Å². The van der Waals surface area contributed by atoms with Crippen molar-refractivity contribution in [3.8, 4) is 17.2 Å². The van der Waals surface area contributed by atoms with Crippen molar-refractivity contribution in [2.24, 2.45) is 4.99 Å². The van der Waals surface area contributed by atoms with Crippen molar-refractivity contribution in [3.05, 3.63) is 77.4 Å². The molecule has 0 saturated heterocycles. The number of carbonyl (C=O) groups excluding carboxylic acids is 1. The Balaban J connectivity index is 1.42. The van der Waals surface area contributed by atoms with Gasteiger partial charge in [0.1, 0.15) is 5.75 Å². The molecule has 2 N–H and O–H groups in total. The van der Waals surface area contributed by atoms with Crippen molar-refractivity contribution >= 4 is 23.1 Å². The van der Waals surface area contributed by atoms with Gasteiger partial charge in [-0.2, -0.15) is 0 Å². The fourth-order valence-corrected chi connectivity index (χ4v) is 3.84. The summed E-state index contributed by atoms with van der Waals surface area (Å²) in [5.74, 6) is 2.12. The summed E-state index contributed by atoms with van der Waals surface area (Å²) < 4.78 is 16.1. The molecule has 0 bridgehead atoms. The van der Waals surface area contributed by atoms with Gasteiger partial charge in [0.05, 0.1) is 21.3 Å². The zero-order valence-corrected chi connectivity index (χ0v) is 19.0. The van der Waals surface area contributed by atoms with Crippen LogP contribution in [-0.2, 0) is 12.8 Å². The number of anilines is 2. The summed E-state index contributed by atoms with van der Waals surface area (Å²) in [6, 6.07) is 18.7. The molecule has 0 fully saturated rings. The zero-order chi connectivity index (χ0) is 23.2. The normalized spacial score (nSPS) is 12.3. The molecule has 4 rings (SSSR count). The van der Waals surface area contributed by atoms with Crippen LogP contribution in [0, 0.1) is 0 Å². The molecule has 0 radical (unpaired) electrons. The molecule has 0 atom stereocenters. The van der Waals surface area contributed by atoms with E-state index < -0.39 is 0 Å². The minimum atomic E-state index is -0.317. The van der Waals surface area contributed by atoms with E-state index in [-0.39, 0.29) is 6.03 Å². The maximum atomic E-state index is 12.3. The highest BCUT2D eigenvalue weighted by Crippen LogP contribution is 2.33. The minimum absolute atomic E-state index is 0.317. The molecule has 7 heteroatoms. The molecule has 0 aliphatic carbocycles. The average molecular weight is 446 g/mol. The van der Waals surface area contributed by atoms with E-state index in [4.69, 9.17) is 19.2 Å². The Kier molecular flexibility index (Phi) is 6.78. The molecule has 33 heavy (non-hydrogen) atoms. The number of benzene rings is 3. The molecule has 1 aliphatic rings. The molecule has 3 aromatic carbocycles. The van der Waals surface area contributed by atoms with Crippen LogP contribution in [0.5, 0.6) is 17.2 Å². The first-order valence-electron chi connectivity index (χ1n) is 10.7. The van der Waals surface area contributed by atoms with Crippen LogP contribution in [0.25, 0.3) is 0 Å². The number of methoxy groups -OCH3 is 3. The number of urea groups is 1. The van der Waals surface area contributed by atoms with Crippen molar-refractivity contribution in [3.63, 3.8) is 0 Å². The molecule has 170 valence electrons. The second-order valence-electron chi connectivity index (χ2n) is 7.63. The number of hydrogen-bond acceptors (Lipinski definition) is 5. The summed E-state index contributed by atoms with van der Waals surface area (Å²) in [4.78, 5) is 17.1. The Bertz CT molecular complexity index is 1170. The Morgan fingerprint density at radius 2 is 1.61 bits per heavy atom. The van der Waals surface area contributed by atoms with Gasteiger partial charge in [-0.05, 0) is 53.9 Å². The maximum Gasteiger partial charge on any atom is 0.323 e. The van der Waals surface area contributed by atoms with Crippen LogP contribution in [0.2, 0.25) is 0 Å². The van der Waals surface area contributed by atoms with E-state index >= 15 is 0 Å². The van der Waals surface area contributed by atoms with Crippen LogP contribution in [0.3, 0.4) is 0 Å². The fourth-order valence-electron chi connectivity index (χ4n) is 3.84. The number of ether oxygens (including phenoxy) is 3. The number of amides is 2. The third-order valence-electron chi connectivity index (χ3n) is 5.52. The summed E-state index contributed by atoms with van der Waals surface area (Å²) in [5, 5.41) is 5.66. The smallest absolute Gasteiger partial charge is 0.323 e. The largest absolute Gasteiger partial charge is 0.497 e. The van der Waals surface area contributed by atoms with Crippen molar-refractivity contribution in [1.82, 2.24) is 0 Å². The van der Waals surface area contributed by atoms with Gasteiger partial charge in [0.2, 0.25) is 0 Å². The molecule has 0 unspecified atom stereocenters. The number of nitrogens with zero attached hydrogens (tertiary/aromatic N) is 1. The van der Waals surface area contributed by atoms with Crippen LogP contribution in [-0.4, -0.2) is 39.6 Å². The summed E-state index contributed by atoms with van der Waals surface area (Å²) in [5.41, 5.74) is 5.80. The number of hydrogen-bond donors (Lipinski definition) is 2. The van der Waals surface area contributed by atoms with Gasteiger partial charge in [0.25, 0.3) is 0 Å². The summed E-state index contributed by atoms with van der Waals surface area (Å²) in [6.07, 6.45) is 1.57. The monoisotopic (exact) mass is 445 g/mol. The highest BCUT2D eigenvalue weighted by molar-refractivity contribution is 6.04. The Morgan fingerprint density at radius 3 is 2.33 bits per heavy atom. The summed E-state index contributed by atoms with van der Waals surface area (Å²) in [7, 11) is 4.88. The van der Waals surface area contributed by atoms with Crippen molar-refractivity contribution in [2.75, 3.05) is 38.5 Å². The van der Waals surface area contributed by atoms with Crippen molar-refractivity contribution in [1.29, 1.82) is 0 Å². The second-order valence-corrected chi connectivity index (χ2v) is 7.63. The zero-order valence-electron chi connectivity index (χ0n) is 19.0. The number of fused-ring (bicyclic) bond motifs is 1. The Morgan fingerprint density at radius 1 is 0.879 bits per heavy atom. The minimum Gasteiger partial charge on any atom is -0.497 e. The van der Waals surface area contributed by atoms with Crippen molar-refractivity contribution in [2.45, 2.75) is 12.8 Å². The summed E-state index contributed by atoms with van der Waals surface area (Å²) >= 11 is 0. The number of rotatable bonds is 7. The number of nitrogens with one attached hydrogen (secondary N) is 2. The van der Waals surface area contributed by atoms with Crippen LogP contribution in [0.4, 0.5) is 16.2 Å². The fraction of sp³-hybridized carbons (Fsp3) is 0.231. The van der Waals surface area contributed by atoms with E-state index in [0.29, 0.717) is 29.3 Å². The SMILES string of the molecule is COc1cccc(NC(=O)Nc2ccc(CC3=NCCc4cc(OC)c(OC)cc43)cc2)c1. The standard InChI is InChI=1S/C26H27N3O4/c1-31-21-6-4-5-20(15-21)29-26(30)28-19-9-7-17(8-10-19)13-23-22-16-25(33-3)24(32-2)14-18(22)11-12-27-23/h4-10,14-16H,11-13H2,1-3H3,(H2,28,29,30). The highest BCUT2D eigenvalue weighted by atomic mass is 16.5. The quantitative estimate of drug-likeness (QED) is 0.540. The van der Waals surface area contributed by atoms with E-state index in [1.54, 1.807) is 33.5 Å².